The van der Waals surface area contributed by atoms with Crippen LogP contribution in [0.4, 0.5) is 0 Å². The van der Waals surface area contributed by atoms with Crippen LogP contribution in [-0.4, -0.2) is 62.0 Å². The molecule has 1 rings (SSSR count). The zero-order chi connectivity index (χ0) is 15.9. The van der Waals surface area contributed by atoms with E-state index in [2.05, 4.69) is 5.32 Å². The molecule has 0 amide bonds. The monoisotopic (exact) mass is 301 g/mol. The quantitative estimate of drug-likeness (QED) is 0.489. The van der Waals surface area contributed by atoms with Gasteiger partial charge >= 0.3 is 0 Å². The molecule has 0 aliphatic carbocycles. The molecule has 0 unspecified atom stereocenters. The summed E-state index contributed by atoms with van der Waals surface area (Å²) >= 11 is 0. The largest absolute Gasteiger partial charge is 0.493 e. The molecule has 21 heavy (non-hydrogen) atoms. The maximum absolute atomic E-state index is 9.31. The van der Waals surface area contributed by atoms with E-state index < -0.39 is 25.4 Å². The summed E-state index contributed by atoms with van der Waals surface area (Å²) in [6.45, 7) is -0.911. The van der Waals surface area contributed by atoms with Gasteiger partial charge in [-0.3, -0.25) is 0 Å². The predicted molar refractivity (Wildman–Crippen MR) is 76.9 cm³/mol. The number of nitrogens with one attached hydrogen (secondary N) is 1. The molecular weight excluding hydrogens is 278 g/mol. The van der Waals surface area contributed by atoms with E-state index in [0.717, 1.165) is 5.56 Å². The summed E-state index contributed by atoms with van der Waals surface area (Å²) in [5.41, 5.74) is -0.409. The summed E-state index contributed by atoms with van der Waals surface area (Å²) in [7, 11) is 4.55. The van der Waals surface area contributed by atoms with Gasteiger partial charge in [0.25, 0.3) is 0 Å². The molecule has 1 aromatic carbocycles. The van der Waals surface area contributed by atoms with E-state index in [9.17, 15) is 15.3 Å². The first kappa shape index (κ1) is 17.5. The Morgan fingerprint density at radius 3 is 1.90 bits per heavy atom. The second-order valence-corrected chi connectivity index (χ2v) is 4.60. The van der Waals surface area contributed by atoms with Crippen molar-refractivity contribution in [3.05, 3.63) is 17.7 Å². The molecule has 0 atom stereocenters. The van der Waals surface area contributed by atoms with Gasteiger partial charge in [0.1, 0.15) is 0 Å². The third-order valence-corrected chi connectivity index (χ3v) is 3.35. The first-order valence-corrected chi connectivity index (χ1v) is 6.46. The molecule has 0 saturated carbocycles. The van der Waals surface area contributed by atoms with Gasteiger partial charge in [-0.25, -0.2) is 0 Å². The maximum atomic E-state index is 9.31. The molecule has 120 valence electrons. The molecule has 0 spiro atoms. The fourth-order valence-corrected chi connectivity index (χ4v) is 1.90. The van der Waals surface area contributed by atoms with Gasteiger partial charge in [-0.2, -0.15) is 0 Å². The highest BCUT2D eigenvalue weighted by molar-refractivity contribution is 5.55. The van der Waals surface area contributed by atoms with Crippen molar-refractivity contribution in [2.24, 2.45) is 0 Å². The average molecular weight is 301 g/mol. The van der Waals surface area contributed by atoms with Crippen molar-refractivity contribution in [1.29, 1.82) is 0 Å². The van der Waals surface area contributed by atoms with Crippen molar-refractivity contribution in [1.82, 2.24) is 5.32 Å². The lowest BCUT2D eigenvalue weighted by molar-refractivity contribution is 0.0412. The van der Waals surface area contributed by atoms with E-state index in [-0.39, 0.29) is 6.54 Å². The van der Waals surface area contributed by atoms with Gasteiger partial charge in [0.15, 0.2) is 11.5 Å². The standard InChI is InChI=1S/C14H23NO6/c1-19-11-5-4-10(12(20-2)13(11)21-3)6-15-14(7-16,8-17)9-18/h4-5,15-18H,6-9H2,1-3H3. The minimum atomic E-state index is -1.15. The number of benzene rings is 1. The Morgan fingerprint density at radius 2 is 1.48 bits per heavy atom. The first-order valence-electron chi connectivity index (χ1n) is 6.46. The molecule has 0 aromatic heterocycles. The molecule has 0 radical (unpaired) electrons. The van der Waals surface area contributed by atoms with Gasteiger partial charge in [0.2, 0.25) is 5.75 Å². The molecule has 0 bridgehead atoms. The van der Waals surface area contributed by atoms with E-state index in [1.165, 1.54) is 21.3 Å². The normalized spacial score (nSPS) is 11.3. The number of ether oxygens (including phenoxy) is 3. The highest BCUT2D eigenvalue weighted by atomic mass is 16.5. The van der Waals surface area contributed by atoms with Crippen LogP contribution in [0.1, 0.15) is 5.56 Å². The van der Waals surface area contributed by atoms with Gasteiger partial charge in [0, 0.05) is 12.1 Å². The van der Waals surface area contributed by atoms with E-state index in [1.54, 1.807) is 12.1 Å². The Kier molecular flexibility index (Phi) is 6.70. The number of aliphatic hydroxyl groups excluding tert-OH is 3. The smallest absolute Gasteiger partial charge is 0.203 e. The van der Waals surface area contributed by atoms with E-state index in [4.69, 9.17) is 14.2 Å². The zero-order valence-corrected chi connectivity index (χ0v) is 12.5. The van der Waals surface area contributed by atoms with E-state index >= 15 is 0 Å². The molecule has 1 aromatic rings. The van der Waals surface area contributed by atoms with E-state index in [0.29, 0.717) is 17.2 Å². The van der Waals surface area contributed by atoms with Gasteiger partial charge in [-0.05, 0) is 6.07 Å². The lowest BCUT2D eigenvalue weighted by Crippen LogP contribution is -2.54. The first-order chi connectivity index (χ1) is 10.1. The van der Waals surface area contributed by atoms with Crippen LogP contribution in [0.2, 0.25) is 0 Å². The predicted octanol–water partition coefficient (Wildman–Crippen LogP) is -0.482. The summed E-state index contributed by atoms with van der Waals surface area (Å²) in [5.74, 6) is 1.49. The number of aliphatic hydroxyl groups is 3. The summed E-state index contributed by atoms with van der Waals surface area (Å²) in [5, 5.41) is 30.9. The van der Waals surface area contributed by atoms with Crippen molar-refractivity contribution in [3.63, 3.8) is 0 Å². The third kappa shape index (κ3) is 3.76. The molecule has 0 aliphatic rings. The van der Waals surface area contributed by atoms with Crippen molar-refractivity contribution in [3.8, 4) is 17.2 Å². The highest BCUT2D eigenvalue weighted by Crippen LogP contribution is 2.39. The Labute approximate surface area is 124 Å². The lowest BCUT2D eigenvalue weighted by Gasteiger charge is -2.29. The van der Waals surface area contributed by atoms with Crippen molar-refractivity contribution < 1.29 is 29.5 Å². The van der Waals surface area contributed by atoms with Gasteiger partial charge in [0.05, 0.1) is 46.7 Å². The molecular formula is C14H23NO6. The fraction of sp³-hybridized carbons (Fsp3) is 0.571. The van der Waals surface area contributed by atoms with Crippen LogP contribution >= 0.6 is 0 Å². The molecule has 7 heteroatoms. The van der Waals surface area contributed by atoms with Crippen molar-refractivity contribution in [2.75, 3.05) is 41.2 Å². The average Bonchev–Trinajstić information content (AvgIpc) is 2.55. The zero-order valence-electron chi connectivity index (χ0n) is 12.5. The van der Waals surface area contributed by atoms with Crippen molar-refractivity contribution in [2.45, 2.75) is 12.1 Å². The van der Waals surface area contributed by atoms with E-state index in [1.807, 2.05) is 0 Å². The summed E-state index contributed by atoms with van der Waals surface area (Å²) in [6, 6.07) is 3.51. The summed E-state index contributed by atoms with van der Waals surface area (Å²) in [6.07, 6.45) is 0. The Balaban J connectivity index is 3.03. The SMILES string of the molecule is COc1ccc(CNC(CO)(CO)CO)c(OC)c1OC. The Bertz CT molecular complexity index is 439. The molecule has 0 saturated heterocycles. The summed E-state index contributed by atoms with van der Waals surface area (Å²) < 4.78 is 15.8. The molecule has 0 heterocycles. The highest BCUT2D eigenvalue weighted by Gasteiger charge is 2.28. The van der Waals surface area contributed by atoms with Crippen LogP contribution in [0.5, 0.6) is 17.2 Å². The van der Waals surface area contributed by atoms with Gasteiger partial charge in [-0.1, -0.05) is 6.07 Å². The Hall–Kier alpha value is -1.54. The second kappa shape index (κ2) is 8.04. The lowest BCUT2D eigenvalue weighted by atomic mass is 10.0. The maximum Gasteiger partial charge on any atom is 0.203 e. The minimum absolute atomic E-state index is 0.269. The summed E-state index contributed by atoms with van der Waals surface area (Å²) in [4.78, 5) is 0. The Morgan fingerprint density at radius 1 is 0.905 bits per heavy atom. The van der Waals surface area contributed by atoms with Gasteiger partial charge < -0.3 is 34.8 Å². The molecule has 7 nitrogen and oxygen atoms in total. The van der Waals surface area contributed by atoms with Crippen molar-refractivity contribution >= 4 is 0 Å². The minimum Gasteiger partial charge on any atom is -0.493 e. The van der Waals surface area contributed by atoms with Crippen LogP contribution < -0.4 is 19.5 Å². The van der Waals surface area contributed by atoms with Crippen LogP contribution in [0.3, 0.4) is 0 Å². The fourth-order valence-electron chi connectivity index (χ4n) is 1.90. The molecule has 4 N–H and O–H groups in total. The number of hydrogen-bond donors (Lipinski definition) is 4. The van der Waals surface area contributed by atoms with Gasteiger partial charge in [-0.15, -0.1) is 0 Å². The number of rotatable bonds is 9. The molecule has 0 fully saturated rings. The molecule has 0 aliphatic heterocycles. The number of methoxy groups -OCH3 is 3. The topological polar surface area (TPSA) is 100 Å². The second-order valence-electron chi connectivity index (χ2n) is 4.60. The number of hydrogen-bond acceptors (Lipinski definition) is 7. The van der Waals surface area contributed by atoms with Crippen LogP contribution in [-0.2, 0) is 6.54 Å². The van der Waals surface area contributed by atoms with Crippen LogP contribution in [0, 0.1) is 0 Å². The van der Waals surface area contributed by atoms with Crippen LogP contribution in [0.15, 0.2) is 12.1 Å². The van der Waals surface area contributed by atoms with Crippen LogP contribution in [0.25, 0.3) is 0 Å². The third-order valence-electron chi connectivity index (χ3n) is 3.35.